The minimum atomic E-state index is 0. The molecule has 0 aliphatic carbocycles. The zero-order valence-corrected chi connectivity index (χ0v) is 22.3. The second-order valence-electron chi connectivity index (χ2n) is 8.41. The highest BCUT2D eigenvalue weighted by Gasteiger charge is 2.26. The van der Waals surface area contributed by atoms with Crippen molar-refractivity contribution >= 4 is 35.8 Å². The molecule has 1 fully saturated rings. The minimum absolute atomic E-state index is 0. The van der Waals surface area contributed by atoms with E-state index < -0.39 is 0 Å². The molecule has 0 spiro atoms. The Morgan fingerprint density at radius 1 is 1.16 bits per heavy atom. The van der Waals surface area contributed by atoms with Gasteiger partial charge in [0.05, 0.1) is 18.8 Å². The number of nitrogens with one attached hydrogen (secondary N) is 2. The van der Waals surface area contributed by atoms with E-state index in [1.165, 1.54) is 0 Å². The van der Waals surface area contributed by atoms with E-state index in [-0.39, 0.29) is 48.7 Å². The van der Waals surface area contributed by atoms with E-state index in [0.29, 0.717) is 31.1 Å². The summed E-state index contributed by atoms with van der Waals surface area (Å²) >= 11 is 0. The molecule has 0 aromatic heterocycles. The maximum absolute atomic E-state index is 12.8. The Morgan fingerprint density at radius 3 is 2.38 bits per heavy atom. The largest absolute Gasteiger partial charge is 0.396 e. The van der Waals surface area contributed by atoms with Crippen LogP contribution in [0, 0.1) is 5.92 Å². The first-order chi connectivity index (χ1) is 15.0. The van der Waals surface area contributed by atoms with Gasteiger partial charge >= 0.3 is 0 Å². The Labute approximate surface area is 210 Å². The van der Waals surface area contributed by atoms with Crippen LogP contribution in [-0.2, 0) is 11.3 Å². The fraction of sp³-hybridized carbons (Fsp3) is 0.667. The molecule has 0 bridgehead atoms. The highest BCUT2D eigenvalue weighted by atomic mass is 127. The van der Waals surface area contributed by atoms with Gasteiger partial charge in [0, 0.05) is 38.3 Å². The molecule has 1 aromatic carbocycles. The van der Waals surface area contributed by atoms with E-state index >= 15 is 0 Å². The van der Waals surface area contributed by atoms with Crippen LogP contribution in [0.25, 0.3) is 0 Å². The van der Waals surface area contributed by atoms with Gasteiger partial charge in [-0.3, -0.25) is 4.79 Å². The van der Waals surface area contributed by atoms with Crippen LogP contribution in [0.15, 0.2) is 29.3 Å². The molecule has 32 heavy (non-hydrogen) atoms. The van der Waals surface area contributed by atoms with E-state index in [0.717, 1.165) is 43.9 Å². The van der Waals surface area contributed by atoms with Gasteiger partial charge < -0.3 is 25.4 Å². The van der Waals surface area contributed by atoms with E-state index in [4.69, 9.17) is 4.74 Å². The van der Waals surface area contributed by atoms with Gasteiger partial charge in [-0.2, -0.15) is 0 Å². The van der Waals surface area contributed by atoms with Crippen molar-refractivity contribution < 1.29 is 14.6 Å². The number of carbonyl (C=O) groups is 1. The van der Waals surface area contributed by atoms with Gasteiger partial charge in [0.15, 0.2) is 5.96 Å². The van der Waals surface area contributed by atoms with E-state index in [1.54, 1.807) is 0 Å². The van der Waals surface area contributed by atoms with Crippen molar-refractivity contribution in [2.45, 2.75) is 65.7 Å². The molecular formula is C24H41IN4O3. The summed E-state index contributed by atoms with van der Waals surface area (Å²) < 4.78 is 5.72. The summed E-state index contributed by atoms with van der Waals surface area (Å²) in [6.45, 7) is 11.8. The van der Waals surface area contributed by atoms with Crippen LogP contribution in [0.5, 0.6) is 0 Å². The number of guanidine groups is 1. The molecule has 182 valence electrons. The lowest BCUT2D eigenvalue weighted by Crippen LogP contribution is -2.48. The van der Waals surface area contributed by atoms with Crippen molar-refractivity contribution in [2.75, 3.05) is 32.8 Å². The fourth-order valence-corrected chi connectivity index (χ4v) is 3.97. The molecule has 3 unspecified atom stereocenters. The summed E-state index contributed by atoms with van der Waals surface area (Å²) in [5.41, 5.74) is 1.75. The highest BCUT2D eigenvalue weighted by molar-refractivity contribution is 14.0. The van der Waals surface area contributed by atoms with E-state index in [2.05, 4.69) is 22.5 Å². The molecule has 1 aromatic rings. The summed E-state index contributed by atoms with van der Waals surface area (Å²) in [4.78, 5) is 19.4. The average molecular weight is 561 g/mol. The maximum atomic E-state index is 12.8. The number of aliphatic imine (C=N–C) groups is 1. The average Bonchev–Trinajstić information content (AvgIpc) is 2.75. The Bertz CT molecular complexity index is 683. The number of halogens is 1. The molecule has 2 rings (SSSR count). The molecule has 0 saturated carbocycles. The van der Waals surface area contributed by atoms with E-state index in [9.17, 15) is 9.90 Å². The lowest BCUT2D eigenvalue weighted by atomic mass is 10.0. The SMILES string of the molecule is CCCC(CCO)CNC(=NCc1ccc(C(=O)N2CC(C)OC(C)C2)cc1)NCC.I. The van der Waals surface area contributed by atoms with Gasteiger partial charge in [-0.05, 0) is 57.2 Å². The molecule has 1 saturated heterocycles. The third kappa shape index (κ3) is 9.62. The summed E-state index contributed by atoms with van der Waals surface area (Å²) in [6.07, 6.45) is 3.12. The molecule has 3 N–H and O–H groups in total. The van der Waals surface area contributed by atoms with Crippen LogP contribution in [0.4, 0.5) is 0 Å². The summed E-state index contributed by atoms with van der Waals surface area (Å²) in [6, 6.07) is 7.71. The van der Waals surface area contributed by atoms with Crippen LogP contribution in [0.2, 0.25) is 0 Å². The van der Waals surface area contributed by atoms with Crippen LogP contribution >= 0.6 is 24.0 Å². The normalized spacial score (nSPS) is 19.8. The smallest absolute Gasteiger partial charge is 0.254 e. The van der Waals surface area contributed by atoms with Crippen molar-refractivity contribution in [1.82, 2.24) is 15.5 Å². The molecular weight excluding hydrogens is 519 g/mol. The summed E-state index contributed by atoms with van der Waals surface area (Å²) in [7, 11) is 0. The third-order valence-electron chi connectivity index (χ3n) is 5.46. The van der Waals surface area contributed by atoms with Crippen molar-refractivity contribution in [3.8, 4) is 0 Å². The number of hydrogen-bond acceptors (Lipinski definition) is 4. The maximum Gasteiger partial charge on any atom is 0.254 e. The third-order valence-corrected chi connectivity index (χ3v) is 5.46. The molecule has 8 heteroatoms. The van der Waals surface area contributed by atoms with Crippen molar-refractivity contribution in [3.05, 3.63) is 35.4 Å². The van der Waals surface area contributed by atoms with Gasteiger partial charge in [0.1, 0.15) is 0 Å². The second kappa shape index (κ2) is 15.4. The number of rotatable bonds is 10. The lowest BCUT2D eigenvalue weighted by molar-refractivity contribution is -0.0586. The quantitative estimate of drug-likeness (QED) is 0.232. The number of nitrogens with zero attached hydrogens (tertiary/aromatic N) is 2. The van der Waals surface area contributed by atoms with Gasteiger partial charge in [0.25, 0.3) is 5.91 Å². The van der Waals surface area contributed by atoms with Crippen molar-refractivity contribution in [3.63, 3.8) is 0 Å². The van der Waals surface area contributed by atoms with Gasteiger partial charge in [-0.25, -0.2) is 4.99 Å². The van der Waals surface area contributed by atoms with Gasteiger partial charge in [-0.15, -0.1) is 24.0 Å². The Morgan fingerprint density at radius 2 is 1.81 bits per heavy atom. The van der Waals surface area contributed by atoms with Crippen molar-refractivity contribution in [2.24, 2.45) is 10.9 Å². The zero-order chi connectivity index (χ0) is 22.6. The van der Waals surface area contributed by atoms with Gasteiger partial charge in [-0.1, -0.05) is 25.5 Å². The zero-order valence-electron chi connectivity index (χ0n) is 20.0. The number of benzene rings is 1. The standard InChI is InChI=1S/C24H40N4O3.HI/c1-5-7-20(12-13-29)14-26-24(25-6-2)27-15-21-8-10-22(11-9-21)23(30)28-16-18(3)31-19(4)17-28;/h8-11,18-20,29H,5-7,12-17H2,1-4H3,(H2,25,26,27);1H. The highest BCUT2D eigenvalue weighted by Crippen LogP contribution is 2.15. The van der Waals surface area contributed by atoms with Crippen LogP contribution in [0.1, 0.15) is 62.9 Å². The van der Waals surface area contributed by atoms with Crippen LogP contribution < -0.4 is 10.6 Å². The topological polar surface area (TPSA) is 86.2 Å². The fourth-order valence-electron chi connectivity index (χ4n) is 3.97. The Hall–Kier alpha value is -1.39. The first-order valence-corrected chi connectivity index (χ1v) is 11.6. The van der Waals surface area contributed by atoms with Gasteiger partial charge in [0.2, 0.25) is 0 Å². The van der Waals surface area contributed by atoms with Crippen LogP contribution in [0.3, 0.4) is 0 Å². The number of morpholine rings is 1. The number of amides is 1. The number of aliphatic hydroxyl groups excluding tert-OH is 1. The number of carbonyl (C=O) groups excluding carboxylic acids is 1. The monoisotopic (exact) mass is 560 g/mol. The molecule has 0 radical (unpaired) electrons. The molecule has 7 nitrogen and oxygen atoms in total. The lowest BCUT2D eigenvalue weighted by Gasteiger charge is -2.35. The molecule has 1 amide bonds. The summed E-state index contributed by atoms with van der Waals surface area (Å²) in [5.74, 6) is 1.27. The molecule has 1 aliphatic heterocycles. The number of aliphatic hydroxyl groups is 1. The second-order valence-corrected chi connectivity index (χ2v) is 8.41. The summed E-state index contributed by atoms with van der Waals surface area (Å²) in [5, 5.41) is 15.9. The Kier molecular flexibility index (Phi) is 13.8. The number of hydrogen-bond donors (Lipinski definition) is 3. The molecule has 1 heterocycles. The predicted molar refractivity (Wildman–Crippen MR) is 141 cm³/mol. The predicted octanol–water partition coefficient (Wildman–Crippen LogP) is 3.41. The van der Waals surface area contributed by atoms with Crippen molar-refractivity contribution in [1.29, 1.82) is 0 Å². The molecule has 3 atom stereocenters. The Balaban J connectivity index is 0.00000512. The van der Waals surface area contributed by atoms with Crippen LogP contribution in [-0.4, -0.2) is 66.9 Å². The molecule has 1 aliphatic rings. The first kappa shape index (κ1) is 28.6. The number of ether oxygens (including phenoxy) is 1. The minimum Gasteiger partial charge on any atom is -0.396 e. The first-order valence-electron chi connectivity index (χ1n) is 11.6. The van der Waals surface area contributed by atoms with E-state index in [1.807, 2.05) is 49.9 Å².